The van der Waals surface area contributed by atoms with E-state index in [4.69, 9.17) is 16.3 Å². The zero-order valence-corrected chi connectivity index (χ0v) is 20.1. The van der Waals surface area contributed by atoms with Gasteiger partial charge in [-0.05, 0) is 74.3 Å². The van der Waals surface area contributed by atoms with Crippen LogP contribution in [-0.4, -0.2) is 51.6 Å². The predicted molar refractivity (Wildman–Crippen MR) is 129 cm³/mol. The van der Waals surface area contributed by atoms with E-state index < -0.39 is 11.7 Å². The number of benzene rings is 1. The van der Waals surface area contributed by atoms with E-state index in [2.05, 4.69) is 15.6 Å². The van der Waals surface area contributed by atoms with Crippen molar-refractivity contribution in [1.29, 1.82) is 0 Å². The minimum Gasteiger partial charge on any atom is -0.507 e. The second-order valence-electron chi connectivity index (χ2n) is 8.59. The lowest BCUT2D eigenvalue weighted by atomic mass is 9.90. The second-order valence-corrected chi connectivity index (χ2v) is 10.3. The van der Waals surface area contributed by atoms with Crippen LogP contribution in [0.3, 0.4) is 0 Å². The van der Waals surface area contributed by atoms with Crippen LogP contribution in [0.2, 0.25) is 5.02 Å². The summed E-state index contributed by atoms with van der Waals surface area (Å²) in [5.41, 5.74) is 0.273. The van der Waals surface area contributed by atoms with Crippen LogP contribution in [-0.2, 0) is 0 Å². The summed E-state index contributed by atoms with van der Waals surface area (Å²) in [5.74, 6) is 0.615. The zero-order valence-electron chi connectivity index (χ0n) is 18.6. The zero-order chi connectivity index (χ0) is 24.1. The highest BCUT2D eigenvalue weighted by Crippen LogP contribution is 2.26. The number of phenolic OH excluding ortho intramolecular Hbond substituents is 1. The van der Waals surface area contributed by atoms with Gasteiger partial charge in [-0.15, -0.1) is 0 Å². The van der Waals surface area contributed by atoms with Crippen molar-refractivity contribution < 1.29 is 23.8 Å². The van der Waals surface area contributed by atoms with E-state index in [9.17, 15) is 19.1 Å². The van der Waals surface area contributed by atoms with Crippen molar-refractivity contribution in [1.82, 2.24) is 15.6 Å². The van der Waals surface area contributed by atoms with Crippen LogP contribution in [0.4, 0.5) is 4.39 Å². The highest BCUT2D eigenvalue weighted by Gasteiger charge is 2.27. The SMILES string of the molecule is O=C(NC1CCC(NC(=O)c2cc(F)cnc2OC2CCSCC2)CC1)c1ccc(Cl)cc1O. The molecule has 0 spiro atoms. The number of rotatable bonds is 6. The summed E-state index contributed by atoms with van der Waals surface area (Å²) in [6, 6.07) is 5.35. The molecule has 0 radical (unpaired) electrons. The van der Waals surface area contributed by atoms with Crippen molar-refractivity contribution in [2.24, 2.45) is 0 Å². The third-order valence-electron chi connectivity index (χ3n) is 6.11. The molecule has 7 nitrogen and oxygen atoms in total. The number of thioether (sulfide) groups is 1. The number of hydrogen-bond donors (Lipinski definition) is 3. The Bertz CT molecular complexity index is 1040. The average Bonchev–Trinajstić information content (AvgIpc) is 2.82. The maximum atomic E-state index is 13.9. The van der Waals surface area contributed by atoms with Gasteiger partial charge in [-0.25, -0.2) is 9.37 Å². The fraction of sp³-hybridized carbons (Fsp3) is 0.458. The molecule has 1 aromatic heterocycles. The molecule has 1 aromatic carbocycles. The topological polar surface area (TPSA) is 101 Å². The van der Waals surface area contributed by atoms with Crippen molar-refractivity contribution >= 4 is 35.2 Å². The predicted octanol–water partition coefficient (Wildman–Crippen LogP) is 4.33. The molecule has 34 heavy (non-hydrogen) atoms. The molecule has 3 N–H and O–H groups in total. The number of phenols is 1. The normalized spacial score (nSPS) is 21.0. The maximum Gasteiger partial charge on any atom is 0.257 e. The monoisotopic (exact) mass is 507 g/mol. The molecule has 2 aromatic rings. The highest BCUT2D eigenvalue weighted by atomic mass is 35.5. The Morgan fingerprint density at radius 3 is 2.24 bits per heavy atom. The number of nitrogens with one attached hydrogen (secondary N) is 2. The van der Waals surface area contributed by atoms with Crippen molar-refractivity contribution in [2.45, 2.75) is 56.7 Å². The number of aromatic nitrogens is 1. The first-order chi connectivity index (χ1) is 16.4. The molecule has 0 bridgehead atoms. The van der Waals surface area contributed by atoms with Crippen LogP contribution >= 0.6 is 23.4 Å². The first-order valence-electron chi connectivity index (χ1n) is 11.4. The van der Waals surface area contributed by atoms with Gasteiger partial charge >= 0.3 is 0 Å². The van der Waals surface area contributed by atoms with Crippen LogP contribution in [0.25, 0.3) is 0 Å². The Hall–Kier alpha value is -2.52. The third-order valence-corrected chi connectivity index (χ3v) is 7.39. The Balaban J connectivity index is 1.31. The van der Waals surface area contributed by atoms with Gasteiger partial charge in [0.05, 0.1) is 11.8 Å². The number of nitrogens with zero attached hydrogens (tertiary/aromatic N) is 1. The number of carbonyl (C=O) groups excluding carboxylic acids is 2. The summed E-state index contributed by atoms with van der Waals surface area (Å²) in [6.45, 7) is 0. The summed E-state index contributed by atoms with van der Waals surface area (Å²) in [5, 5.41) is 16.2. The minimum absolute atomic E-state index is 0.0233. The smallest absolute Gasteiger partial charge is 0.257 e. The number of halogens is 2. The lowest BCUT2D eigenvalue weighted by Gasteiger charge is -2.30. The molecule has 2 aliphatic rings. The van der Waals surface area contributed by atoms with E-state index in [-0.39, 0.29) is 46.9 Å². The summed E-state index contributed by atoms with van der Waals surface area (Å²) >= 11 is 7.69. The third kappa shape index (κ3) is 6.33. The van der Waals surface area contributed by atoms with Gasteiger partial charge in [0, 0.05) is 17.1 Å². The first kappa shape index (κ1) is 24.6. The van der Waals surface area contributed by atoms with Crippen molar-refractivity contribution in [3.63, 3.8) is 0 Å². The molecule has 1 aliphatic heterocycles. The molecule has 4 rings (SSSR count). The number of pyridine rings is 1. The summed E-state index contributed by atoms with van der Waals surface area (Å²) < 4.78 is 19.8. The first-order valence-corrected chi connectivity index (χ1v) is 12.9. The molecule has 2 heterocycles. The van der Waals surface area contributed by atoms with E-state index in [0.29, 0.717) is 30.7 Å². The van der Waals surface area contributed by atoms with Crippen molar-refractivity contribution in [3.8, 4) is 11.6 Å². The standard InChI is InChI=1S/C24H27ClFN3O4S/c25-14-1-6-19(21(30)11-14)22(31)28-16-2-4-17(5-3-16)29-23(32)20-12-15(26)13-27-24(20)33-18-7-9-34-10-8-18/h1,6,11-13,16-18,30H,2-5,7-10H2,(H,28,31)(H,29,32). The van der Waals surface area contributed by atoms with E-state index in [1.54, 1.807) is 6.07 Å². The van der Waals surface area contributed by atoms with E-state index in [1.807, 2.05) is 11.8 Å². The fourth-order valence-corrected chi connectivity index (χ4v) is 5.47. The fourth-order valence-electron chi connectivity index (χ4n) is 4.24. The molecule has 2 fully saturated rings. The number of ether oxygens (including phenoxy) is 1. The Morgan fingerprint density at radius 2 is 1.62 bits per heavy atom. The molecule has 1 aliphatic carbocycles. The molecule has 2 amide bonds. The van der Waals surface area contributed by atoms with Gasteiger partial charge in [-0.2, -0.15) is 11.8 Å². The van der Waals surface area contributed by atoms with Crippen LogP contribution in [0.5, 0.6) is 11.6 Å². The van der Waals surface area contributed by atoms with Crippen LogP contribution < -0.4 is 15.4 Å². The number of carbonyl (C=O) groups is 2. The largest absolute Gasteiger partial charge is 0.507 e. The van der Waals surface area contributed by atoms with Gasteiger partial charge in [0.2, 0.25) is 5.88 Å². The molecule has 182 valence electrons. The number of hydrogen-bond acceptors (Lipinski definition) is 6. The highest BCUT2D eigenvalue weighted by molar-refractivity contribution is 7.99. The number of aromatic hydroxyl groups is 1. The van der Waals surface area contributed by atoms with Crippen LogP contribution in [0.1, 0.15) is 59.2 Å². The van der Waals surface area contributed by atoms with Gasteiger partial charge in [-0.1, -0.05) is 11.6 Å². The van der Waals surface area contributed by atoms with Gasteiger partial charge in [0.15, 0.2) is 0 Å². The summed E-state index contributed by atoms with van der Waals surface area (Å²) in [6.07, 6.45) is 5.42. The molecular formula is C24H27ClFN3O4S. The van der Waals surface area contributed by atoms with Crippen LogP contribution in [0.15, 0.2) is 30.5 Å². The van der Waals surface area contributed by atoms with Gasteiger partial charge in [0.25, 0.3) is 11.8 Å². The molecule has 1 saturated heterocycles. The molecular weight excluding hydrogens is 481 g/mol. The average molecular weight is 508 g/mol. The second kappa shape index (κ2) is 11.3. The van der Waals surface area contributed by atoms with Gasteiger partial charge < -0.3 is 20.5 Å². The molecule has 0 unspecified atom stereocenters. The summed E-state index contributed by atoms with van der Waals surface area (Å²) in [4.78, 5) is 29.4. The number of amides is 2. The quantitative estimate of drug-likeness (QED) is 0.538. The Kier molecular flexibility index (Phi) is 8.15. The lowest BCUT2D eigenvalue weighted by molar-refractivity contribution is 0.0884. The van der Waals surface area contributed by atoms with Crippen molar-refractivity contribution in [3.05, 3.63) is 52.4 Å². The lowest BCUT2D eigenvalue weighted by Crippen LogP contribution is -2.44. The van der Waals surface area contributed by atoms with Crippen molar-refractivity contribution in [2.75, 3.05) is 11.5 Å². The molecule has 10 heteroatoms. The van der Waals surface area contributed by atoms with Crippen LogP contribution in [0, 0.1) is 5.82 Å². The Labute approximate surface area is 206 Å². The maximum absolute atomic E-state index is 13.9. The minimum atomic E-state index is -0.589. The van der Waals surface area contributed by atoms with Gasteiger partial charge in [-0.3, -0.25) is 9.59 Å². The van der Waals surface area contributed by atoms with E-state index in [1.165, 1.54) is 18.2 Å². The molecule has 0 atom stereocenters. The summed E-state index contributed by atoms with van der Waals surface area (Å²) in [7, 11) is 0. The van der Waals surface area contributed by atoms with Gasteiger partial charge in [0.1, 0.15) is 23.2 Å². The van der Waals surface area contributed by atoms with E-state index in [0.717, 1.165) is 30.5 Å². The molecule has 1 saturated carbocycles. The Morgan fingerprint density at radius 1 is 1.00 bits per heavy atom. The van der Waals surface area contributed by atoms with E-state index >= 15 is 0 Å².